The first-order valence-electron chi connectivity index (χ1n) is 9.00. The number of morpholine rings is 1. The average Bonchev–Trinajstić information content (AvgIpc) is 3.05. The molecule has 1 fully saturated rings. The SMILES string of the molecule is Cc1nn(C)cc1C(=O)N1CCOC(c2cncc(-c3cccc(F)c3)n2)C1. The molecule has 144 valence electrons. The van der Waals surface area contributed by atoms with Gasteiger partial charge >= 0.3 is 0 Å². The molecule has 0 bridgehead atoms. The van der Waals surface area contributed by atoms with Crippen molar-refractivity contribution in [3.8, 4) is 11.3 Å². The Morgan fingerprint density at radius 2 is 2.18 bits per heavy atom. The molecular formula is C20H20FN5O2. The largest absolute Gasteiger partial charge is 0.368 e. The van der Waals surface area contributed by atoms with Crippen LogP contribution in [0.4, 0.5) is 4.39 Å². The van der Waals surface area contributed by atoms with Crippen LogP contribution in [0.2, 0.25) is 0 Å². The van der Waals surface area contributed by atoms with Crippen LogP contribution in [0.5, 0.6) is 0 Å². The zero-order valence-corrected chi connectivity index (χ0v) is 15.7. The standard InChI is InChI=1S/C20H20FN5O2/c1-13-16(11-25(2)24-13)20(27)26-6-7-28-19(12-26)18-10-22-9-17(23-18)14-4-3-5-15(21)8-14/h3-5,8-11,19H,6-7,12H2,1-2H3. The van der Waals surface area contributed by atoms with Gasteiger partial charge in [0.15, 0.2) is 0 Å². The van der Waals surface area contributed by atoms with E-state index in [4.69, 9.17) is 4.74 Å². The summed E-state index contributed by atoms with van der Waals surface area (Å²) in [5.74, 6) is -0.407. The predicted octanol–water partition coefficient (Wildman–Crippen LogP) is 2.54. The zero-order chi connectivity index (χ0) is 19.7. The summed E-state index contributed by atoms with van der Waals surface area (Å²) < 4.78 is 21.0. The van der Waals surface area contributed by atoms with E-state index in [2.05, 4.69) is 15.1 Å². The number of hydrogen-bond donors (Lipinski definition) is 0. The minimum absolute atomic E-state index is 0.0758. The Morgan fingerprint density at radius 3 is 2.93 bits per heavy atom. The average molecular weight is 381 g/mol. The van der Waals surface area contributed by atoms with Crippen LogP contribution < -0.4 is 0 Å². The lowest BCUT2D eigenvalue weighted by Gasteiger charge is -2.32. The molecule has 1 saturated heterocycles. The van der Waals surface area contributed by atoms with Gasteiger partial charge in [-0.2, -0.15) is 5.10 Å². The molecular weight excluding hydrogens is 361 g/mol. The third-order valence-corrected chi connectivity index (χ3v) is 4.70. The van der Waals surface area contributed by atoms with Crippen molar-refractivity contribution >= 4 is 5.91 Å². The maximum Gasteiger partial charge on any atom is 0.257 e. The number of aryl methyl sites for hydroxylation is 2. The minimum atomic E-state index is -0.393. The van der Waals surface area contributed by atoms with Gasteiger partial charge in [0.2, 0.25) is 0 Å². The maximum atomic E-state index is 13.5. The Labute approximate surface area is 161 Å². The fourth-order valence-electron chi connectivity index (χ4n) is 3.32. The van der Waals surface area contributed by atoms with E-state index in [-0.39, 0.29) is 11.7 Å². The lowest BCUT2D eigenvalue weighted by atomic mass is 10.1. The molecule has 0 saturated carbocycles. The predicted molar refractivity (Wildman–Crippen MR) is 100.0 cm³/mol. The molecule has 3 heterocycles. The Morgan fingerprint density at radius 1 is 1.32 bits per heavy atom. The summed E-state index contributed by atoms with van der Waals surface area (Å²) in [6.07, 6.45) is 4.54. The molecule has 3 aromatic rings. The van der Waals surface area contributed by atoms with Gasteiger partial charge in [-0.3, -0.25) is 14.5 Å². The van der Waals surface area contributed by atoms with Crippen molar-refractivity contribution in [2.24, 2.45) is 7.05 Å². The zero-order valence-electron chi connectivity index (χ0n) is 15.7. The van der Waals surface area contributed by atoms with Crippen molar-refractivity contribution < 1.29 is 13.9 Å². The highest BCUT2D eigenvalue weighted by molar-refractivity contribution is 5.95. The van der Waals surface area contributed by atoms with Gasteiger partial charge < -0.3 is 9.64 Å². The third-order valence-electron chi connectivity index (χ3n) is 4.70. The summed E-state index contributed by atoms with van der Waals surface area (Å²) in [6.45, 7) is 3.09. The van der Waals surface area contributed by atoms with E-state index >= 15 is 0 Å². The van der Waals surface area contributed by atoms with Gasteiger partial charge in [0.05, 0.1) is 48.2 Å². The van der Waals surface area contributed by atoms with E-state index in [1.165, 1.54) is 12.1 Å². The molecule has 0 radical (unpaired) electrons. The number of ether oxygens (including phenoxy) is 1. The number of benzene rings is 1. The van der Waals surface area contributed by atoms with E-state index in [1.54, 1.807) is 47.4 Å². The van der Waals surface area contributed by atoms with E-state index in [0.717, 1.165) is 0 Å². The highest BCUT2D eigenvalue weighted by Crippen LogP contribution is 2.25. The lowest BCUT2D eigenvalue weighted by Crippen LogP contribution is -2.42. The molecule has 28 heavy (non-hydrogen) atoms. The number of rotatable bonds is 3. The maximum absolute atomic E-state index is 13.5. The van der Waals surface area contributed by atoms with Crippen molar-refractivity contribution in [2.75, 3.05) is 19.7 Å². The van der Waals surface area contributed by atoms with Gasteiger partial charge in [0.25, 0.3) is 5.91 Å². The first kappa shape index (κ1) is 18.2. The first-order chi connectivity index (χ1) is 13.5. The topological polar surface area (TPSA) is 73.1 Å². The van der Waals surface area contributed by atoms with Crippen LogP contribution in [0.1, 0.15) is 27.8 Å². The second kappa shape index (κ2) is 7.47. The summed E-state index contributed by atoms with van der Waals surface area (Å²) >= 11 is 0. The summed E-state index contributed by atoms with van der Waals surface area (Å²) in [4.78, 5) is 23.4. The Hall–Kier alpha value is -3.13. The summed E-state index contributed by atoms with van der Waals surface area (Å²) in [6, 6.07) is 6.21. The van der Waals surface area contributed by atoms with Crippen molar-refractivity contribution in [2.45, 2.75) is 13.0 Å². The third kappa shape index (κ3) is 3.63. The molecule has 1 unspecified atom stereocenters. The van der Waals surface area contributed by atoms with Gasteiger partial charge in [-0.25, -0.2) is 9.37 Å². The van der Waals surface area contributed by atoms with Gasteiger partial charge in [-0.1, -0.05) is 12.1 Å². The number of carbonyl (C=O) groups is 1. The number of aromatic nitrogens is 4. The van der Waals surface area contributed by atoms with E-state index < -0.39 is 6.10 Å². The first-order valence-corrected chi connectivity index (χ1v) is 9.00. The molecule has 0 aliphatic carbocycles. The number of carbonyl (C=O) groups excluding carboxylic acids is 1. The molecule has 1 aliphatic rings. The van der Waals surface area contributed by atoms with Crippen molar-refractivity contribution in [1.29, 1.82) is 0 Å². The summed E-state index contributed by atoms with van der Waals surface area (Å²) in [5, 5.41) is 4.24. The molecule has 2 aromatic heterocycles. The van der Waals surface area contributed by atoms with Gasteiger partial charge in [0.1, 0.15) is 11.9 Å². The quantitative estimate of drug-likeness (QED) is 0.697. The van der Waals surface area contributed by atoms with Crippen LogP contribution in [0.15, 0.2) is 42.9 Å². The van der Waals surface area contributed by atoms with E-state index in [0.29, 0.717) is 47.9 Å². The van der Waals surface area contributed by atoms with Crippen LogP contribution in [-0.4, -0.2) is 50.3 Å². The normalized spacial score (nSPS) is 17.0. The van der Waals surface area contributed by atoms with Crippen LogP contribution in [0.25, 0.3) is 11.3 Å². The monoisotopic (exact) mass is 381 g/mol. The number of hydrogen-bond acceptors (Lipinski definition) is 5. The number of amides is 1. The Bertz CT molecular complexity index is 1020. The Kier molecular flexibility index (Phi) is 4.87. The van der Waals surface area contributed by atoms with Crippen molar-refractivity contribution in [3.63, 3.8) is 0 Å². The second-order valence-electron chi connectivity index (χ2n) is 6.75. The summed E-state index contributed by atoms with van der Waals surface area (Å²) in [5.41, 5.74) is 3.10. The number of halogens is 1. The number of nitrogens with zero attached hydrogens (tertiary/aromatic N) is 5. The van der Waals surface area contributed by atoms with Gasteiger partial charge in [0, 0.05) is 25.4 Å². The molecule has 0 spiro atoms. The lowest BCUT2D eigenvalue weighted by molar-refractivity contribution is -0.0248. The molecule has 1 aliphatic heterocycles. The fourth-order valence-corrected chi connectivity index (χ4v) is 3.32. The van der Waals surface area contributed by atoms with E-state index in [9.17, 15) is 9.18 Å². The fraction of sp³-hybridized carbons (Fsp3) is 0.300. The molecule has 7 nitrogen and oxygen atoms in total. The van der Waals surface area contributed by atoms with Crippen molar-refractivity contribution in [3.05, 3.63) is 65.6 Å². The van der Waals surface area contributed by atoms with Crippen LogP contribution in [0, 0.1) is 12.7 Å². The van der Waals surface area contributed by atoms with Crippen LogP contribution in [-0.2, 0) is 11.8 Å². The highest BCUT2D eigenvalue weighted by atomic mass is 19.1. The van der Waals surface area contributed by atoms with Crippen LogP contribution in [0.3, 0.4) is 0 Å². The smallest absolute Gasteiger partial charge is 0.257 e. The molecule has 8 heteroatoms. The minimum Gasteiger partial charge on any atom is -0.368 e. The van der Waals surface area contributed by atoms with Crippen LogP contribution >= 0.6 is 0 Å². The van der Waals surface area contributed by atoms with E-state index in [1.807, 2.05) is 6.92 Å². The molecule has 4 rings (SSSR count). The molecule has 1 amide bonds. The van der Waals surface area contributed by atoms with Crippen molar-refractivity contribution in [1.82, 2.24) is 24.6 Å². The Balaban J connectivity index is 1.56. The highest BCUT2D eigenvalue weighted by Gasteiger charge is 2.29. The second-order valence-corrected chi connectivity index (χ2v) is 6.75. The van der Waals surface area contributed by atoms with Gasteiger partial charge in [-0.15, -0.1) is 0 Å². The molecule has 1 aromatic carbocycles. The molecule has 0 N–H and O–H groups in total. The van der Waals surface area contributed by atoms with Gasteiger partial charge in [-0.05, 0) is 19.1 Å². The summed E-state index contributed by atoms with van der Waals surface area (Å²) in [7, 11) is 1.79. The molecule has 1 atom stereocenters.